The van der Waals surface area contributed by atoms with Gasteiger partial charge in [-0.05, 0) is 49.4 Å². The Kier molecular flexibility index (Phi) is 4.16. The first-order valence-corrected chi connectivity index (χ1v) is 7.05. The summed E-state index contributed by atoms with van der Waals surface area (Å²) in [7, 11) is 0. The van der Waals surface area contributed by atoms with Gasteiger partial charge in [-0.15, -0.1) is 10.2 Å². The lowest BCUT2D eigenvalue weighted by molar-refractivity contribution is 0.151. The SMILES string of the molecule is CC(C)C1CCN(Cc2nnc(Cl)s2)CC1. The van der Waals surface area contributed by atoms with E-state index in [-0.39, 0.29) is 0 Å². The van der Waals surface area contributed by atoms with Crippen LogP contribution >= 0.6 is 22.9 Å². The molecule has 0 atom stereocenters. The third-order valence-electron chi connectivity index (χ3n) is 3.38. The number of rotatable bonds is 3. The second-order valence-corrected chi connectivity index (χ2v) is 6.45. The lowest BCUT2D eigenvalue weighted by Gasteiger charge is -2.33. The van der Waals surface area contributed by atoms with Gasteiger partial charge in [-0.1, -0.05) is 25.2 Å². The predicted octanol–water partition coefficient (Wildman–Crippen LogP) is 3.06. The zero-order chi connectivity index (χ0) is 11.5. The van der Waals surface area contributed by atoms with Crippen LogP contribution in [0.15, 0.2) is 0 Å². The van der Waals surface area contributed by atoms with Crippen LogP contribution < -0.4 is 0 Å². The Bertz CT molecular complexity index is 332. The van der Waals surface area contributed by atoms with Gasteiger partial charge in [0.2, 0.25) is 4.47 Å². The predicted molar refractivity (Wildman–Crippen MR) is 67.8 cm³/mol. The lowest BCUT2D eigenvalue weighted by atomic mass is 9.87. The Morgan fingerprint density at radius 3 is 2.56 bits per heavy atom. The first kappa shape index (κ1) is 12.3. The Morgan fingerprint density at radius 2 is 2.06 bits per heavy atom. The van der Waals surface area contributed by atoms with Crippen LogP contribution in [0.1, 0.15) is 31.7 Å². The molecule has 1 aromatic rings. The highest BCUT2D eigenvalue weighted by Gasteiger charge is 2.22. The third-order valence-corrected chi connectivity index (χ3v) is 4.38. The minimum absolute atomic E-state index is 0.548. The monoisotopic (exact) mass is 259 g/mol. The van der Waals surface area contributed by atoms with Gasteiger partial charge in [0.25, 0.3) is 0 Å². The summed E-state index contributed by atoms with van der Waals surface area (Å²) in [5.74, 6) is 1.72. The van der Waals surface area contributed by atoms with Gasteiger partial charge in [0.15, 0.2) is 0 Å². The summed E-state index contributed by atoms with van der Waals surface area (Å²) < 4.78 is 0.548. The summed E-state index contributed by atoms with van der Waals surface area (Å²) in [4.78, 5) is 2.45. The van der Waals surface area contributed by atoms with E-state index in [4.69, 9.17) is 11.6 Å². The van der Waals surface area contributed by atoms with Crippen molar-refractivity contribution in [2.75, 3.05) is 13.1 Å². The highest BCUT2D eigenvalue weighted by molar-refractivity contribution is 7.15. The lowest BCUT2D eigenvalue weighted by Crippen LogP contribution is -2.34. The molecule has 5 heteroatoms. The fourth-order valence-electron chi connectivity index (χ4n) is 2.27. The second-order valence-electron chi connectivity index (χ2n) is 4.81. The number of aromatic nitrogens is 2. The Labute approximate surface area is 106 Å². The Morgan fingerprint density at radius 1 is 1.38 bits per heavy atom. The highest BCUT2D eigenvalue weighted by Crippen LogP contribution is 2.26. The molecule has 90 valence electrons. The van der Waals surface area contributed by atoms with Crippen molar-refractivity contribution in [3.8, 4) is 0 Å². The molecule has 0 aromatic carbocycles. The highest BCUT2D eigenvalue weighted by atomic mass is 35.5. The zero-order valence-electron chi connectivity index (χ0n) is 9.82. The number of piperidine rings is 1. The molecule has 0 bridgehead atoms. The van der Waals surface area contributed by atoms with Crippen molar-refractivity contribution in [3.63, 3.8) is 0 Å². The molecule has 2 rings (SSSR count). The maximum Gasteiger partial charge on any atom is 0.207 e. The molecule has 1 aliphatic rings. The van der Waals surface area contributed by atoms with Gasteiger partial charge in [-0.3, -0.25) is 4.90 Å². The van der Waals surface area contributed by atoms with Crippen LogP contribution in [0.4, 0.5) is 0 Å². The van der Waals surface area contributed by atoms with E-state index >= 15 is 0 Å². The van der Waals surface area contributed by atoms with Crippen molar-refractivity contribution >= 4 is 22.9 Å². The van der Waals surface area contributed by atoms with E-state index in [1.54, 1.807) is 0 Å². The van der Waals surface area contributed by atoms with Crippen LogP contribution in [0.5, 0.6) is 0 Å². The van der Waals surface area contributed by atoms with Crippen molar-refractivity contribution in [2.45, 2.75) is 33.2 Å². The van der Waals surface area contributed by atoms with Gasteiger partial charge in [0.05, 0.1) is 6.54 Å². The smallest absolute Gasteiger partial charge is 0.207 e. The molecule has 0 radical (unpaired) electrons. The van der Waals surface area contributed by atoms with E-state index in [1.165, 1.54) is 37.3 Å². The van der Waals surface area contributed by atoms with Crippen molar-refractivity contribution in [1.82, 2.24) is 15.1 Å². The second kappa shape index (κ2) is 5.43. The molecule has 0 spiro atoms. The maximum absolute atomic E-state index is 5.77. The molecule has 16 heavy (non-hydrogen) atoms. The van der Waals surface area contributed by atoms with E-state index in [0.717, 1.165) is 23.4 Å². The average molecular weight is 260 g/mol. The quantitative estimate of drug-likeness (QED) is 0.836. The van der Waals surface area contributed by atoms with Gasteiger partial charge >= 0.3 is 0 Å². The van der Waals surface area contributed by atoms with E-state index in [0.29, 0.717) is 4.47 Å². The zero-order valence-corrected chi connectivity index (χ0v) is 11.4. The Hall–Kier alpha value is -0.190. The van der Waals surface area contributed by atoms with Gasteiger partial charge in [0.1, 0.15) is 5.01 Å². The van der Waals surface area contributed by atoms with Crippen molar-refractivity contribution in [2.24, 2.45) is 11.8 Å². The van der Waals surface area contributed by atoms with Gasteiger partial charge in [0, 0.05) is 0 Å². The molecule has 0 saturated carbocycles. The molecule has 0 N–H and O–H groups in total. The number of likely N-dealkylation sites (tertiary alicyclic amines) is 1. The maximum atomic E-state index is 5.77. The summed E-state index contributed by atoms with van der Waals surface area (Å²) in [6, 6.07) is 0. The number of nitrogens with zero attached hydrogens (tertiary/aromatic N) is 3. The molecule has 0 amide bonds. The average Bonchev–Trinajstić information content (AvgIpc) is 2.65. The number of halogens is 1. The van der Waals surface area contributed by atoms with Crippen molar-refractivity contribution in [3.05, 3.63) is 9.47 Å². The molecule has 1 aliphatic heterocycles. The molecular weight excluding hydrogens is 242 g/mol. The van der Waals surface area contributed by atoms with E-state index in [9.17, 15) is 0 Å². The topological polar surface area (TPSA) is 29.0 Å². The first-order valence-electron chi connectivity index (χ1n) is 5.85. The van der Waals surface area contributed by atoms with Crippen molar-refractivity contribution in [1.29, 1.82) is 0 Å². The summed E-state index contributed by atoms with van der Waals surface area (Å²) in [6.45, 7) is 7.92. The number of hydrogen-bond donors (Lipinski definition) is 0. The van der Waals surface area contributed by atoms with Crippen LogP contribution in [0.25, 0.3) is 0 Å². The minimum atomic E-state index is 0.548. The van der Waals surface area contributed by atoms with E-state index in [1.807, 2.05) is 0 Å². The van der Waals surface area contributed by atoms with Crippen LogP contribution in [0.2, 0.25) is 4.47 Å². The summed E-state index contributed by atoms with van der Waals surface area (Å²) in [6.07, 6.45) is 2.62. The first-order chi connectivity index (χ1) is 7.65. The van der Waals surface area contributed by atoms with Crippen LogP contribution in [0.3, 0.4) is 0 Å². The van der Waals surface area contributed by atoms with E-state index in [2.05, 4.69) is 28.9 Å². The molecule has 0 unspecified atom stereocenters. The van der Waals surface area contributed by atoms with Gasteiger partial charge in [-0.25, -0.2) is 0 Å². The fourth-order valence-corrected chi connectivity index (χ4v) is 3.18. The van der Waals surface area contributed by atoms with E-state index < -0.39 is 0 Å². The molecule has 1 fully saturated rings. The molecule has 3 nitrogen and oxygen atoms in total. The van der Waals surface area contributed by atoms with Crippen LogP contribution in [-0.4, -0.2) is 28.2 Å². The molecular formula is C11H18ClN3S. The van der Waals surface area contributed by atoms with Crippen LogP contribution in [-0.2, 0) is 6.54 Å². The largest absolute Gasteiger partial charge is 0.297 e. The third kappa shape index (κ3) is 3.15. The summed E-state index contributed by atoms with van der Waals surface area (Å²) in [5, 5.41) is 8.93. The molecule has 1 saturated heterocycles. The molecule has 0 aliphatic carbocycles. The van der Waals surface area contributed by atoms with Gasteiger partial charge < -0.3 is 0 Å². The summed E-state index contributed by atoms with van der Waals surface area (Å²) in [5.41, 5.74) is 0. The minimum Gasteiger partial charge on any atom is -0.297 e. The normalized spacial score (nSPS) is 19.5. The number of hydrogen-bond acceptors (Lipinski definition) is 4. The molecule has 1 aromatic heterocycles. The van der Waals surface area contributed by atoms with Crippen molar-refractivity contribution < 1.29 is 0 Å². The van der Waals surface area contributed by atoms with Gasteiger partial charge in [-0.2, -0.15) is 0 Å². The fraction of sp³-hybridized carbons (Fsp3) is 0.818. The Balaban J connectivity index is 1.81. The molecule has 2 heterocycles. The summed E-state index contributed by atoms with van der Waals surface area (Å²) >= 11 is 7.26. The standard InChI is InChI=1S/C11H18ClN3S/c1-8(2)9-3-5-15(6-4-9)7-10-13-14-11(12)16-10/h8-9H,3-7H2,1-2H3. The van der Waals surface area contributed by atoms with Crippen LogP contribution in [0, 0.1) is 11.8 Å².